The average molecular weight is 449 g/mol. The first-order valence-corrected chi connectivity index (χ1v) is 9.32. The van der Waals surface area contributed by atoms with Crippen LogP contribution in [0.15, 0.2) is 51.8 Å². The second-order valence-corrected chi connectivity index (χ2v) is 7.50. The summed E-state index contributed by atoms with van der Waals surface area (Å²) in [4.78, 5) is 36.8. The summed E-state index contributed by atoms with van der Waals surface area (Å²) >= 11 is 4.17. The SMILES string of the molecule is COc1ccc(/C=C2/SC(=O)N(Cc3cccc(Br)c3)C2=O)cc1[N+](=O)[O-]. The predicted octanol–water partition coefficient (Wildman–Crippen LogP) is 4.60. The minimum Gasteiger partial charge on any atom is -0.490 e. The Kier molecular flexibility index (Phi) is 5.62. The van der Waals surface area contributed by atoms with Gasteiger partial charge >= 0.3 is 5.69 Å². The normalized spacial score (nSPS) is 15.5. The summed E-state index contributed by atoms with van der Waals surface area (Å²) in [7, 11) is 1.34. The van der Waals surface area contributed by atoms with Gasteiger partial charge in [0.25, 0.3) is 11.1 Å². The van der Waals surface area contributed by atoms with E-state index in [1.165, 1.54) is 25.3 Å². The third-order valence-corrected chi connectivity index (χ3v) is 5.20. The van der Waals surface area contributed by atoms with Gasteiger partial charge in [-0.1, -0.05) is 34.1 Å². The van der Waals surface area contributed by atoms with E-state index in [9.17, 15) is 19.7 Å². The predicted molar refractivity (Wildman–Crippen MR) is 105 cm³/mol. The number of hydrogen-bond donors (Lipinski definition) is 0. The number of benzene rings is 2. The largest absolute Gasteiger partial charge is 0.490 e. The maximum absolute atomic E-state index is 12.6. The van der Waals surface area contributed by atoms with E-state index in [1.54, 1.807) is 6.07 Å². The number of ether oxygens (including phenoxy) is 1. The number of carbonyl (C=O) groups is 2. The van der Waals surface area contributed by atoms with Crippen LogP contribution in [0.1, 0.15) is 11.1 Å². The number of hydrogen-bond acceptors (Lipinski definition) is 6. The number of carbonyl (C=O) groups excluding carboxylic acids is 2. The Balaban J connectivity index is 1.86. The van der Waals surface area contributed by atoms with Crippen molar-refractivity contribution in [1.82, 2.24) is 4.90 Å². The van der Waals surface area contributed by atoms with Gasteiger partial charge < -0.3 is 4.74 Å². The summed E-state index contributed by atoms with van der Waals surface area (Å²) in [6.07, 6.45) is 1.47. The average Bonchev–Trinajstić information content (AvgIpc) is 2.89. The van der Waals surface area contributed by atoms with Crippen LogP contribution in [0.2, 0.25) is 0 Å². The summed E-state index contributed by atoms with van der Waals surface area (Å²) in [6.45, 7) is 0.157. The lowest BCUT2D eigenvalue weighted by Crippen LogP contribution is -2.27. The first-order valence-electron chi connectivity index (χ1n) is 7.71. The van der Waals surface area contributed by atoms with Gasteiger partial charge in [-0.25, -0.2) is 0 Å². The smallest absolute Gasteiger partial charge is 0.311 e. The molecule has 1 aliphatic rings. The van der Waals surface area contributed by atoms with Crippen LogP contribution in [0.25, 0.3) is 6.08 Å². The van der Waals surface area contributed by atoms with Crippen molar-refractivity contribution >= 4 is 50.6 Å². The van der Waals surface area contributed by atoms with Crippen LogP contribution in [0.4, 0.5) is 10.5 Å². The zero-order chi connectivity index (χ0) is 19.6. The monoisotopic (exact) mass is 448 g/mol. The second-order valence-electron chi connectivity index (χ2n) is 5.59. The highest BCUT2D eigenvalue weighted by Gasteiger charge is 2.35. The van der Waals surface area contributed by atoms with Gasteiger partial charge in [-0.05, 0) is 47.2 Å². The number of methoxy groups -OCH3 is 1. The topological polar surface area (TPSA) is 89.8 Å². The summed E-state index contributed by atoms with van der Waals surface area (Å²) in [5.41, 5.74) is 1.04. The molecule has 0 aliphatic carbocycles. The van der Waals surface area contributed by atoms with Gasteiger partial charge in [0.1, 0.15) is 0 Å². The highest BCUT2D eigenvalue weighted by atomic mass is 79.9. The quantitative estimate of drug-likeness (QED) is 0.377. The Morgan fingerprint density at radius 1 is 1.26 bits per heavy atom. The number of nitro benzene ring substituents is 1. The highest BCUT2D eigenvalue weighted by Crippen LogP contribution is 2.35. The van der Waals surface area contributed by atoms with Gasteiger partial charge in [0.15, 0.2) is 5.75 Å². The summed E-state index contributed by atoms with van der Waals surface area (Å²) in [6, 6.07) is 11.7. The molecular formula is C18H13BrN2O5S. The fraction of sp³-hybridized carbons (Fsp3) is 0.111. The van der Waals surface area contributed by atoms with E-state index < -0.39 is 10.8 Å². The molecule has 1 heterocycles. The van der Waals surface area contributed by atoms with Crippen molar-refractivity contribution in [3.05, 3.63) is 73.1 Å². The Labute approximate surface area is 167 Å². The van der Waals surface area contributed by atoms with E-state index in [2.05, 4.69) is 15.9 Å². The number of thioether (sulfide) groups is 1. The second kappa shape index (κ2) is 7.93. The van der Waals surface area contributed by atoms with Crippen LogP contribution in [-0.4, -0.2) is 28.1 Å². The summed E-state index contributed by atoms with van der Waals surface area (Å²) in [5, 5.41) is 10.8. The van der Waals surface area contributed by atoms with Gasteiger partial charge in [-0.2, -0.15) is 0 Å². The maximum atomic E-state index is 12.6. The maximum Gasteiger partial charge on any atom is 0.311 e. The van der Waals surface area contributed by atoms with Crippen molar-refractivity contribution in [3.8, 4) is 5.75 Å². The molecule has 1 fully saturated rings. The van der Waals surface area contributed by atoms with Crippen molar-refractivity contribution < 1.29 is 19.2 Å². The fourth-order valence-electron chi connectivity index (χ4n) is 2.55. The number of nitro groups is 1. The van der Waals surface area contributed by atoms with Gasteiger partial charge in [-0.3, -0.25) is 24.6 Å². The number of rotatable bonds is 5. The molecule has 1 saturated heterocycles. The molecule has 27 heavy (non-hydrogen) atoms. The summed E-state index contributed by atoms with van der Waals surface area (Å²) in [5.74, 6) is -0.302. The van der Waals surface area contributed by atoms with Gasteiger partial charge in [0, 0.05) is 10.5 Å². The Bertz CT molecular complexity index is 976. The van der Waals surface area contributed by atoms with E-state index >= 15 is 0 Å². The van der Waals surface area contributed by atoms with E-state index in [1.807, 2.05) is 24.3 Å². The minimum atomic E-state index is -0.560. The third kappa shape index (κ3) is 4.20. The highest BCUT2D eigenvalue weighted by molar-refractivity contribution is 9.10. The molecule has 0 unspecified atom stereocenters. The standard InChI is InChI=1S/C18H13BrN2O5S/c1-26-15-6-5-11(8-14(15)21(24)25)9-16-17(22)20(18(23)27-16)10-12-3-2-4-13(19)7-12/h2-9H,10H2,1H3/b16-9+. The lowest BCUT2D eigenvalue weighted by Gasteiger charge is -2.12. The molecule has 1 aliphatic heterocycles. The number of amides is 2. The molecule has 138 valence electrons. The Morgan fingerprint density at radius 3 is 2.70 bits per heavy atom. The van der Waals surface area contributed by atoms with Crippen LogP contribution in [0.3, 0.4) is 0 Å². The van der Waals surface area contributed by atoms with E-state index in [-0.39, 0.29) is 28.1 Å². The number of halogens is 1. The lowest BCUT2D eigenvalue weighted by molar-refractivity contribution is -0.385. The minimum absolute atomic E-state index is 0.125. The zero-order valence-corrected chi connectivity index (χ0v) is 16.5. The molecule has 0 N–H and O–H groups in total. The molecule has 0 radical (unpaired) electrons. The number of nitrogens with zero attached hydrogens (tertiary/aromatic N) is 2. The van der Waals surface area contributed by atoms with Crippen molar-refractivity contribution in [2.45, 2.75) is 6.54 Å². The molecule has 7 nitrogen and oxygen atoms in total. The fourth-order valence-corrected chi connectivity index (χ4v) is 3.83. The number of imide groups is 1. The molecule has 0 saturated carbocycles. The molecule has 0 aromatic heterocycles. The van der Waals surface area contributed by atoms with Gasteiger partial charge in [0.05, 0.1) is 23.5 Å². The van der Waals surface area contributed by atoms with Crippen LogP contribution >= 0.6 is 27.7 Å². The first-order chi connectivity index (χ1) is 12.9. The molecule has 2 aromatic carbocycles. The molecule has 0 atom stereocenters. The van der Waals surface area contributed by atoms with E-state index in [0.717, 1.165) is 26.7 Å². The molecule has 2 amide bonds. The Morgan fingerprint density at radius 2 is 2.04 bits per heavy atom. The van der Waals surface area contributed by atoms with Crippen molar-refractivity contribution in [3.63, 3.8) is 0 Å². The molecule has 0 spiro atoms. The molecule has 0 bridgehead atoms. The van der Waals surface area contributed by atoms with Gasteiger partial charge in [0.2, 0.25) is 0 Å². The third-order valence-electron chi connectivity index (χ3n) is 3.80. The van der Waals surface area contributed by atoms with Crippen LogP contribution in [0, 0.1) is 10.1 Å². The molecule has 3 rings (SSSR count). The molecule has 9 heteroatoms. The summed E-state index contributed by atoms with van der Waals surface area (Å²) < 4.78 is 5.82. The molecule has 2 aromatic rings. The van der Waals surface area contributed by atoms with E-state index in [4.69, 9.17) is 4.74 Å². The van der Waals surface area contributed by atoms with Crippen molar-refractivity contribution in [2.24, 2.45) is 0 Å². The van der Waals surface area contributed by atoms with E-state index in [0.29, 0.717) is 5.56 Å². The van der Waals surface area contributed by atoms with Crippen LogP contribution in [0.5, 0.6) is 5.75 Å². The van der Waals surface area contributed by atoms with Crippen molar-refractivity contribution in [2.75, 3.05) is 7.11 Å². The first kappa shape index (κ1) is 19.1. The lowest BCUT2D eigenvalue weighted by atomic mass is 10.1. The van der Waals surface area contributed by atoms with Gasteiger partial charge in [-0.15, -0.1) is 0 Å². The zero-order valence-electron chi connectivity index (χ0n) is 14.0. The molecular weight excluding hydrogens is 436 g/mol. The van der Waals surface area contributed by atoms with Crippen LogP contribution in [-0.2, 0) is 11.3 Å². The van der Waals surface area contributed by atoms with Crippen LogP contribution < -0.4 is 4.74 Å². The van der Waals surface area contributed by atoms with Crippen molar-refractivity contribution in [1.29, 1.82) is 0 Å². The Hall–Kier alpha value is -2.65.